The van der Waals surface area contributed by atoms with Gasteiger partial charge in [-0.3, -0.25) is 19.9 Å². The number of halogens is 2. The summed E-state index contributed by atoms with van der Waals surface area (Å²) in [6.07, 6.45) is 0.120. The third-order valence-electron chi connectivity index (χ3n) is 3.10. The van der Waals surface area contributed by atoms with Gasteiger partial charge in [0.05, 0.1) is 17.7 Å². The summed E-state index contributed by atoms with van der Waals surface area (Å²) < 4.78 is 30.9. The number of imide groups is 1. The van der Waals surface area contributed by atoms with Crippen LogP contribution in [-0.2, 0) is 10.7 Å². The average molecular weight is 383 g/mol. The minimum atomic E-state index is -3.11. The lowest BCUT2D eigenvalue weighted by Gasteiger charge is -2.10. The van der Waals surface area contributed by atoms with Gasteiger partial charge in [0, 0.05) is 13.1 Å². The second kappa shape index (κ2) is 8.00. The minimum Gasteiger partial charge on any atom is -0.450 e. The number of amides is 3. The highest BCUT2D eigenvalue weighted by atomic mass is 32.1. The van der Waals surface area contributed by atoms with Crippen LogP contribution in [0.15, 0.2) is 29.8 Å². The molecular weight excluding hydrogens is 368 g/mol. The second-order valence-corrected chi connectivity index (χ2v) is 6.03. The fourth-order valence-electron chi connectivity index (χ4n) is 1.88. The molecule has 0 saturated heterocycles. The van der Waals surface area contributed by atoms with Crippen molar-refractivity contribution in [3.8, 4) is 0 Å². The topological polar surface area (TPSA) is 97.4 Å². The number of rotatable bonds is 5. The van der Waals surface area contributed by atoms with Crippen LogP contribution in [0.1, 0.15) is 40.3 Å². The maximum Gasteiger partial charge on any atom is 0.414 e. The van der Waals surface area contributed by atoms with E-state index in [0.29, 0.717) is 6.92 Å². The maximum atomic E-state index is 13.1. The number of alkyl carbamates (subject to hydrolysis) is 1. The zero-order valence-electron chi connectivity index (χ0n) is 13.8. The third-order valence-corrected chi connectivity index (χ3v) is 3.93. The highest BCUT2D eigenvalue weighted by Gasteiger charge is 2.26. The van der Waals surface area contributed by atoms with Crippen molar-refractivity contribution in [2.75, 3.05) is 11.9 Å². The molecule has 2 N–H and O–H groups in total. The van der Waals surface area contributed by atoms with Crippen molar-refractivity contribution in [3.63, 3.8) is 0 Å². The number of nitrogens with zero attached hydrogens (tertiary/aromatic N) is 1. The summed E-state index contributed by atoms with van der Waals surface area (Å²) in [6, 6.07) is 3.69. The summed E-state index contributed by atoms with van der Waals surface area (Å²) in [7, 11) is 0. The molecule has 0 bridgehead atoms. The van der Waals surface area contributed by atoms with E-state index in [1.165, 1.54) is 12.1 Å². The third kappa shape index (κ3) is 4.82. The van der Waals surface area contributed by atoms with E-state index in [9.17, 15) is 23.2 Å². The number of carbonyl (C=O) groups is 3. The zero-order chi connectivity index (χ0) is 19.3. The number of nitrogens with one attached hydrogen (secondary N) is 2. The van der Waals surface area contributed by atoms with Crippen molar-refractivity contribution in [1.82, 2.24) is 10.3 Å². The highest BCUT2D eigenvalue weighted by molar-refractivity contribution is 7.14. The van der Waals surface area contributed by atoms with Crippen LogP contribution >= 0.6 is 11.3 Å². The molecule has 0 atom stereocenters. The first-order valence-corrected chi connectivity index (χ1v) is 8.31. The Morgan fingerprint density at radius 3 is 2.54 bits per heavy atom. The van der Waals surface area contributed by atoms with Gasteiger partial charge in [0.2, 0.25) is 0 Å². The highest BCUT2D eigenvalue weighted by Crippen LogP contribution is 2.26. The van der Waals surface area contributed by atoms with Crippen molar-refractivity contribution in [2.24, 2.45) is 0 Å². The molecule has 10 heteroatoms. The molecule has 0 aliphatic heterocycles. The molecule has 0 aromatic carbocycles. The zero-order valence-corrected chi connectivity index (χ0v) is 14.7. The molecule has 26 heavy (non-hydrogen) atoms. The molecule has 0 aliphatic carbocycles. The van der Waals surface area contributed by atoms with E-state index in [1.807, 2.05) is 5.32 Å². The van der Waals surface area contributed by atoms with Crippen LogP contribution in [0.3, 0.4) is 0 Å². The van der Waals surface area contributed by atoms with Crippen molar-refractivity contribution in [3.05, 3.63) is 46.6 Å². The number of ether oxygens (including phenoxy) is 1. The standard InChI is InChI=1S/C16H15F2N3O4S/c1-3-25-15(24)21-13(23)10-6-7-26-14(10)20-12(22)9-4-5-11(19-8-9)16(2,17)18/h4-8H,3H2,1-2H3,(H,20,22)(H,21,23,24). The van der Waals surface area contributed by atoms with Gasteiger partial charge in [0.1, 0.15) is 10.7 Å². The first kappa shape index (κ1) is 19.4. The lowest BCUT2D eigenvalue weighted by atomic mass is 10.2. The average Bonchev–Trinajstić information content (AvgIpc) is 3.02. The quantitative estimate of drug-likeness (QED) is 0.825. The largest absolute Gasteiger partial charge is 0.450 e. The lowest BCUT2D eigenvalue weighted by Crippen LogP contribution is -2.31. The van der Waals surface area contributed by atoms with E-state index in [-0.39, 0.29) is 22.7 Å². The molecule has 0 spiro atoms. The van der Waals surface area contributed by atoms with Crippen LogP contribution in [-0.4, -0.2) is 29.5 Å². The Hall–Kier alpha value is -2.88. The van der Waals surface area contributed by atoms with Crippen LogP contribution in [0.25, 0.3) is 0 Å². The molecule has 0 fully saturated rings. The van der Waals surface area contributed by atoms with Gasteiger partial charge in [0.15, 0.2) is 0 Å². The Labute approximate surface area is 151 Å². The molecule has 0 saturated carbocycles. The number of carbonyl (C=O) groups excluding carboxylic acids is 3. The molecule has 2 aromatic rings. The number of hydrogen-bond acceptors (Lipinski definition) is 6. The van der Waals surface area contributed by atoms with E-state index < -0.39 is 29.5 Å². The molecule has 7 nitrogen and oxygen atoms in total. The van der Waals surface area contributed by atoms with Crippen LogP contribution < -0.4 is 10.6 Å². The number of anilines is 1. The van der Waals surface area contributed by atoms with Crippen molar-refractivity contribution in [1.29, 1.82) is 0 Å². The van der Waals surface area contributed by atoms with Crippen molar-refractivity contribution < 1.29 is 27.9 Å². The number of hydrogen-bond donors (Lipinski definition) is 2. The van der Waals surface area contributed by atoms with Crippen LogP contribution in [0.2, 0.25) is 0 Å². The van der Waals surface area contributed by atoms with Crippen LogP contribution in [0.4, 0.5) is 18.6 Å². The summed E-state index contributed by atoms with van der Waals surface area (Å²) in [4.78, 5) is 39.1. The molecule has 2 aromatic heterocycles. The smallest absolute Gasteiger partial charge is 0.414 e. The molecular formula is C16H15F2N3O4S. The predicted octanol–water partition coefficient (Wildman–Crippen LogP) is 3.39. The van der Waals surface area contributed by atoms with Gasteiger partial charge in [-0.15, -0.1) is 11.3 Å². The van der Waals surface area contributed by atoms with Crippen LogP contribution in [0, 0.1) is 0 Å². The summed E-state index contributed by atoms with van der Waals surface area (Å²) in [5.74, 6) is -4.48. The second-order valence-electron chi connectivity index (χ2n) is 5.11. The van der Waals surface area contributed by atoms with E-state index >= 15 is 0 Å². The Morgan fingerprint density at radius 1 is 1.23 bits per heavy atom. The number of aromatic nitrogens is 1. The normalized spacial score (nSPS) is 10.9. The molecule has 2 heterocycles. The van der Waals surface area contributed by atoms with Crippen LogP contribution in [0.5, 0.6) is 0 Å². The number of pyridine rings is 1. The molecule has 2 rings (SSSR count). The fourth-order valence-corrected chi connectivity index (χ4v) is 2.65. The lowest BCUT2D eigenvalue weighted by molar-refractivity contribution is 0.0127. The van der Waals surface area contributed by atoms with Crippen molar-refractivity contribution in [2.45, 2.75) is 19.8 Å². The summed E-state index contributed by atoms with van der Waals surface area (Å²) in [5, 5.41) is 6.26. The van der Waals surface area contributed by atoms with Gasteiger partial charge in [-0.1, -0.05) is 0 Å². The predicted molar refractivity (Wildman–Crippen MR) is 90.6 cm³/mol. The Balaban J connectivity index is 2.10. The fraction of sp³-hybridized carbons (Fsp3) is 0.250. The van der Waals surface area contributed by atoms with E-state index in [0.717, 1.165) is 23.6 Å². The maximum absolute atomic E-state index is 13.1. The SMILES string of the molecule is CCOC(=O)NC(=O)c1ccsc1NC(=O)c1ccc(C(C)(F)F)nc1. The van der Waals surface area contributed by atoms with E-state index in [2.05, 4.69) is 15.0 Å². The molecule has 0 unspecified atom stereocenters. The Morgan fingerprint density at radius 2 is 1.96 bits per heavy atom. The summed E-state index contributed by atoms with van der Waals surface area (Å²) >= 11 is 1.06. The number of alkyl halides is 2. The van der Waals surface area contributed by atoms with Gasteiger partial charge in [-0.05, 0) is 30.5 Å². The molecule has 0 radical (unpaired) electrons. The Kier molecular flexibility index (Phi) is 5.98. The number of thiophene rings is 1. The summed E-state index contributed by atoms with van der Waals surface area (Å²) in [6.45, 7) is 2.40. The van der Waals surface area contributed by atoms with Crippen molar-refractivity contribution >= 4 is 34.2 Å². The van der Waals surface area contributed by atoms with E-state index in [1.54, 1.807) is 12.3 Å². The van der Waals surface area contributed by atoms with Gasteiger partial charge < -0.3 is 10.1 Å². The first-order valence-electron chi connectivity index (χ1n) is 7.43. The van der Waals surface area contributed by atoms with Gasteiger partial charge in [0.25, 0.3) is 17.7 Å². The minimum absolute atomic E-state index is 0.0446. The molecule has 3 amide bonds. The molecule has 0 aliphatic rings. The van der Waals surface area contributed by atoms with Gasteiger partial charge >= 0.3 is 6.09 Å². The Bertz CT molecular complexity index is 816. The van der Waals surface area contributed by atoms with E-state index in [4.69, 9.17) is 0 Å². The monoisotopic (exact) mass is 383 g/mol. The molecule has 138 valence electrons. The first-order chi connectivity index (χ1) is 12.2. The van der Waals surface area contributed by atoms with Gasteiger partial charge in [-0.25, -0.2) is 4.79 Å². The summed E-state index contributed by atoms with van der Waals surface area (Å²) in [5.41, 5.74) is -0.344. The van der Waals surface area contributed by atoms with Gasteiger partial charge in [-0.2, -0.15) is 8.78 Å².